The largest absolute Gasteiger partial charge is 0.481 e. The fourth-order valence-electron chi connectivity index (χ4n) is 4.57. The van der Waals surface area contributed by atoms with Gasteiger partial charge in [-0.25, -0.2) is 9.97 Å². The Bertz CT molecular complexity index is 1290. The molecule has 0 saturated carbocycles. The van der Waals surface area contributed by atoms with E-state index in [0.29, 0.717) is 11.6 Å². The molecule has 4 aromatic rings. The van der Waals surface area contributed by atoms with Gasteiger partial charge in [-0.05, 0) is 30.5 Å². The van der Waals surface area contributed by atoms with Crippen molar-refractivity contribution >= 4 is 34.3 Å². The number of imidazole rings is 1. The van der Waals surface area contributed by atoms with Crippen LogP contribution in [0.1, 0.15) is 19.3 Å². The van der Waals surface area contributed by atoms with E-state index in [1.807, 2.05) is 53.2 Å². The number of halogens is 1. The summed E-state index contributed by atoms with van der Waals surface area (Å²) in [5.74, 6) is -0.00486. The molecule has 34 heavy (non-hydrogen) atoms. The highest BCUT2D eigenvalue weighted by atomic mass is 35.5. The monoisotopic (exact) mass is 476 g/mol. The highest BCUT2D eigenvalue weighted by Gasteiger charge is 2.27. The van der Waals surface area contributed by atoms with Gasteiger partial charge in [0.05, 0.1) is 48.2 Å². The third-order valence-electron chi connectivity index (χ3n) is 6.18. The summed E-state index contributed by atoms with van der Waals surface area (Å²) in [7, 11) is 0. The van der Waals surface area contributed by atoms with E-state index >= 15 is 0 Å². The molecule has 1 atom stereocenters. The van der Waals surface area contributed by atoms with Crippen LogP contribution in [0.25, 0.3) is 27.7 Å². The molecule has 1 unspecified atom stereocenters. The third kappa shape index (κ3) is 4.49. The number of hydrogen-bond donors (Lipinski definition) is 1. The lowest BCUT2D eigenvalue weighted by molar-refractivity contribution is -0.138. The van der Waals surface area contributed by atoms with E-state index < -0.39 is 5.97 Å². The van der Waals surface area contributed by atoms with Crippen LogP contribution in [0.2, 0.25) is 5.02 Å². The highest BCUT2D eigenvalue weighted by molar-refractivity contribution is 6.35. The van der Waals surface area contributed by atoms with E-state index in [4.69, 9.17) is 26.4 Å². The molecule has 174 valence electrons. The Morgan fingerprint density at radius 2 is 2.06 bits per heavy atom. The van der Waals surface area contributed by atoms with Crippen LogP contribution in [0.5, 0.6) is 0 Å². The van der Waals surface area contributed by atoms with Gasteiger partial charge in [0, 0.05) is 36.0 Å². The Hall–Kier alpha value is -3.42. The number of benzene rings is 2. The predicted octanol–water partition coefficient (Wildman–Crippen LogP) is 5.20. The number of carboxylic acids is 1. The van der Waals surface area contributed by atoms with Gasteiger partial charge in [-0.1, -0.05) is 41.9 Å². The van der Waals surface area contributed by atoms with Crippen LogP contribution in [-0.4, -0.2) is 51.4 Å². The molecule has 1 fully saturated rings. The summed E-state index contributed by atoms with van der Waals surface area (Å²) in [6.45, 7) is 1.53. The second-order valence-corrected chi connectivity index (χ2v) is 8.77. The van der Waals surface area contributed by atoms with Crippen LogP contribution in [0.3, 0.4) is 0 Å². The van der Waals surface area contributed by atoms with Crippen molar-refractivity contribution in [1.82, 2.24) is 14.5 Å². The minimum Gasteiger partial charge on any atom is -0.481 e. The molecule has 1 aliphatic rings. The number of aliphatic carboxylic acids is 1. The molecule has 1 aliphatic heterocycles. The number of aromatic nitrogens is 3. The fourth-order valence-corrected chi connectivity index (χ4v) is 4.83. The average Bonchev–Trinajstić information content (AvgIpc) is 3.54. The first-order valence-corrected chi connectivity index (χ1v) is 11.7. The number of carboxylic acid groups (broad SMARTS) is 1. The summed E-state index contributed by atoms with van der Waals surface area (Å²) >= 11 is 6.73. The minimum atomic E-state index is -0.852. The molecule has 2 aromatic carbocycles. The average molecular weight is 477 g/mol. The van der Waals surface area contributed by atoms with Gasteiger partial charge in [0.15, 0.2) is 0 Å². The van der Waals surface area contributed by atoms with Crippen molar-refractivity contribution in [2.45, 2.75) is 25.3 Å². The Morgan fingerprint density at radius 1 is 1.21 bits per heavy atom. The second-order valence-electron chi connectivity index (χ2n) is 8.36. The summed E-state index contributed by atoms with van der Waals surface area (Å²) in [4.78, 5) is 22.4. The number of pyridine rings is 1. The molecular formula is C26H25ClN4O3. The molecule has 2 aromatic heterocycles. The molecule has 3 heterocycles. The number of anilines is 1. The lowest BCUT2D eigenvalue weighted by atomic mass is 10.0. The van der Waals surface area contributed by atoms with Crippen molar-refractivity contribution in [2.75, 3.05) is 24.7 Å². The van der Waals surface area contributed by atoms with E-state index in [9.17, 15) is 4.79 Å². The topological polar surface area (TPSA) is 80.5 Å². The standard InChI is InChI=1S/C26H25ClN4O3/c27-21-9-8-20-22(30-13-11-28-17-30)15-23(29-26(20)25(21)18-5-2-1-3-6-18)31-12-4-7-19(31)16-34-14-10-24(32)33/h1-3,5-6,8-9,11,13,15,17,19H,4,7,10,12,14,16H2,(H,32,33). The van der Waals surface area contributed by atoms with Gasteiger partial charge in [-0.2, -0.15) is 0 Å². The Labute approximate surface area is 202 Å². The molecule has 0 bridgehead atoms. The minimum absolute atomic E-state index is 0.00462. The van der Waals surface area contributed by atoms with Crippen molar-refractivity contribution in [2.24, 2.45) is 0 Å². The van der Waals surface area contributed by atoms with E-state index in [-0.39, 0.29) is 19.1 Å². The quantitative estimate of drug-likeness (QED) is 0.352. The maximum Gasteiger partial charge on any atom is 0.305 e. The first kappa shape index (κ1) is 22.4. The summed E-state index contributed by atoms with van der Waals surface area (Å²) in [5, 5.41) is 10.5. The number of nitrogens with zero attached hydrogens (tertiary/aromatic N) is 4. The van der Waals surface area contributed by atoms with Gasteiger partial charge in [0.25, 0.3) is 0 Å². The molecule has 1 N–H and O–H groups in total. The first-order chi connectivity index (χ1) is 16.6. The van der Waals surface area contributed by atoms with Crippen LogP contribution < -0.4 is 4.90 Å². The number of carbonyl (C=O) groups is 1. The van der Waals surface area contributed by atoms with E-state index in [2.05, 4.69) is 16.0 Å². The normalized spacial score (nSPS) is 15.8. The maximum atomic E-state index is 10.8. The molecule has 0 radical (unpaired) electrons. The van der Waals surface area contributed by atoms with Gasteiger partial charge in [-0.3, -0.25) is 4.79 Å². The summed E-state index contributed by atoms with van der Waals surface area (Å²) in [5.41, 5.74) is 3.71. The van der Waals surface area contributed by atoms with Crippen LogP contribution in [0.15, 0.2) is 67.3 Å². The molecule has 0 aliphatic carbocycles. The zero-order valence-corrected chi connectivity index (χ0v) is 19.4. The lowest BCUT2D eigenvalue weighted by Gasteiger charge is -2.27. The summed E-state index contributed by atoms with van der Waals surface area (Å²) in [6.07, 6.45) is 7.46. The first-order valence-electron chi connectivity index (χ1n) is 11.3. The molecular weight excluding hydrogens is 452 g/mol. The molecule has 0 spiro atoms. The van der Waals surface area contributed by atoms with E-state index in [1.54, 1.807) is 12.5 Å². The number of rotatable bonds is 8. The van der Waals surface area contributed by atoms with Crippen LogP contribution in [0, 0.1) is 0 Å². The van der Waals surface area contributed by atoms with Gasteiger partial charge in [0.2, 0.25) is 0 Å². The third-order valence-corrected chi connectivity index (χ3v) is 6.50. The van der Waals surface area contributed by atoms with E-state index in [1.165, 1.54) is 0 Å². The summed E-state index contributed by atoms with van der Waals surface area (Å²) < 4.78 is 7.69. The molecule has 5 rings (SSSR count). The molecule has 7 nitrogen and oxygen atoms in total. The van der Waals surface area contributed by atoms with E-state index in [0.717, 1.165) is 52.9 Å². The van der Waals surface area contributed by atoms with Gasteiger partial charge >= 0.3 is 5.97 Å². The van der Waals surface area contributed by atoms with Gasteiger partial charge < -0.3 is 19.3 Å². The number of hydrogen-bond acceptors (Lipinski definition) is 5. The van der Waals surface area contributed by atoms with Crippen molar-refractivity contribution in [3.63, 3.8) is 0 Å². The zero-order chi connectivity index (χ0) is 23.5. The van der Waals surface area contributed by atoms with Crippen molar-refractivity contribution in [1.29, 1.82) is 0 Å². The molecule has 0 amide bonds. The maximum absolute atomic E-state index is 10.8. The fraction of sp³-hybridized carbons (Fsp3) is 0.269. The van der Waals surface area contributed by atoms with Crippen molar-refractivity contribution < 1.29 is 14.6 Å². The molecule has 8 heteroatoms. The Kier molecular flexibility index (Phi) is 6.47. The highest BCUT2D eigenvalue weighted by Crippen LogP contribution is 2.38. The number of ether oxygens (including phenoxy) is 1. The van der Waals surface area contributed by atoms with Crippen LogP contribution in [0.4, 0.5) is 5.82 Å². The van der Waals surface area contributed by atoms with Crippen molar-refractivity contribution in [3.8, 4) is 16.8 Å². The van der Waals surface area contributed by atoms with Crippen LogP contribution >= 0.6 is 11.6 Å². The predicted molar refractivity (Wildman–Crippen MR) is 133 cm³/mol. The van der Waals surface area contributed by atoms with Gasteiger partial charge in [0.1, 0.15) is 5.82 Å². The number of fused-ring (bicyclic) bond motifs is 1. The summed E-state index contributed by atoms with van der Waals surface area (Å²) in [6, 6.07) is 16.2. The lowest BCUT2D eigenvalue weighted by Crippen LogP contribution is -2.34. The second kappa shape index (κ2) is 9.83. The van der Waals surface area contributed by atoms with Crippen molar-refractivity contribution in [3.05, 3.63) is 72.3 Å². The smallest absolute Gasteiger partial charge is 0.305 e. The van der Waals surface area contributed by atoms with Gasteiger partial charge in [-0.15, -0.1) is 0 Å². The Morgan fingerprint density at radius 3 is 2.82 bits per heavy atom. The Balaban J connectivity index is 1.60. The zero-order valence-electron chi connectivity index (χ0n) is 18.6. The SMILES string of the molecule is O=C(O)CCOCC1CCCN1c1cc(-n2ccnc2)c2ccc(Cl)c(-c3ccccc3)c2n1. The van der Waals surface area contributed by atoms with Crippen LogP contribution in [-0.2, 0) is 9.53 Å². The molecule has 1 saturated heterocycles.